The quantitative estimate of drug-likeness (QED) is 0.341. The topological polar surface area (TPSA) is 49.3 Å². The van der Waals surface area contributed by atoms with E-state index in [1.165, 1.54) is 12.5 Å². The second-order valence-electron chi connectivity index (χ2n) is 7.38. The molecule has 2 heterocycles. The number of ether oxygens (including phenoxy) is 2. The van der Waals surface area contributed by atoms with Gasteiger partial charge in [-0.2, -0.15) is 0 Å². The van der Waals surface area contributed by atoms with Gasteiger partial charge in [0.15, 0.2) is 17.5 Å². The minimum atomic E-state index is -0.328. The smallest absolute Gasteiger partial charge is 0.194 e. The van der Waals surface area contributed by atoms with Gasteiger partial charge in [0.25, 0.3) is 0 Å². The maximum absolute atomic E-state index is 14.1. The zero-order valence-electron chi connectivity index (χ0n) is 17.5. The van der Waals surface area contributed by atoms with Crippen molar-refractivity contribution in [3.8, 4) is 5.75 Å². The van der Waals surface area contributed by atoms with E-state index in [0.29, 0.717) is 24.8 Å². The van der Waals surface area contributed by atoms with Crippen molar-refractivity contribution in [2.24, 2.45) is 10.9 Å². The Bertz CT molecular complexity index is 656. The van der Waals surface area contributed by atoms with E-state index in [9.17, 15) is 4.39 Å². The van der Waals surface area contributed by atoms with Crippen molar-refractivity contribution in [1.29, 1.82) is 0 Å². The predicted octanol–water partition coefficient (Wildman–Crippen LogP) is 2.96. The molecule has 1 aromatic rings. The molecule has 164 valence electrons. The van der Waals surface area contributed by atoms with E-state index >= 15 is 0 Å². The van der Waals surface area contributed by atoms with Crippen LogP contribution in [0.25, 0.3) is 0 Å². The fourth-order valence-corrected chi connectivity index (χ4v) is 3.83. The van der Waals surface area contributed by atoms with Crippen LogP contribution in [0.4, 0.5) is 4.39 Å². The van der Waals surface area contributed by atoms with Crippen LogP contribution in [-0.2, 0) is 11.3 Å². The van der Waals surface area contributed by atoms with E-state index in [4.69, 9.17) is 14.5 Å². The van der Waals surface area contributed by atoms with E-state index in [1.807, 2.05) is 13.0 Å². The first kappa shape index (κ1) is 24.1. The maximum atomic E-state index is 14.1. The molecule has 2 aliphatic rings. The highest BCUT2D eigenvalue weighted by molar-refractivity contribution is 14.0. The van der Waals surface area contributed by atoms with E-state index in [1.54, 1.807) is 6.07 Å². The molecule has 2 saturated heterocycles. The number of nitrogens with one attached hydrogen (secondary N) is 1. The van der Waals surface area contributed by atoms with E-state index in [-0.39, 0.29) is 29.8 Å². The number of rotatable bonds is 7. The first-order chi connectivity index (χ1) is 13.7. The molecule has 0 amide bonds. The molecule has 0 aliphatic carbocycles. The molecule has 1 aromatic carbocycles. The van der Waals surface area contributed by atoms with Crippen molar-refractivity contribution in [2.75, 3.05) is 59.1 Å². The van der Waals surface area contributed by atoms with Crippen LogP contribution in [0.2, 0.25) is 0 Å². The standard InChI is InChI=1S/C21H33FN4O2.HI/c1-3-23-21(24-14-17-5-6-20(28-4-2)19(22)13-17)26-8-7-18(16-26)15-25-9-11-27-12-10-25;/h5-6,13,18H,3-4,7-12,14-16H2,1-2H3,(H,23,24);1H. The van der Waals surface area contributed by atoms with Gasteiger partial charge in [0.1, 0.15) is 0 Å². The van der Waals surface area contributed by atoms with Crippen LogP contribution in [0.3, 0.4) is 0 Å². The molecule has 8 heteroatoms. The summed E-state index contributed by atoms with van der Waals surface area (Å²) in [6.07, 6.45) is 1.18. The molecular formula is C21H34FIN4O2. The highest BCUT2D eigenvalue weighted by atomic mass is 127. The summed E-state index contributed by atoms with van der Waals surface area (Å²) in [5.74, 6) is 1.55. The third-order valence-corrected chi connectivity index (χ3v) is 5.25. The molecule has 3 rings (SSSR count). The Hall–Kier alpha value is -1.13. The van der Waals surface area contributed by atoms with Crippen LogP contribution >= 0.6 is 24.0 Å². The first-order valence-corrected chi connectivity index (χ1v) is 10.4. The highest BCUT2D eigenvalue weighted by Gasteiger charge is 2.27. The third kappa shape index (κ3) is 7.25. The fraction of sp³-hybridized carbons (Fsp3) is 0.667. The van der Waals surface area contributed by atoms with Crippen molar-refractivity contribution in [3.05, 3.63) is 29.6 Å². The van der Waals surface area contributed by atoms with Crippen molar-refractivity contribution in [1.82, 2.24) is 15.1 Å². The lowest BCUT2D eigenvalue weighted by molar-refractivity contribution is 0.0315. The van der Waals surface area contributed by atoms with Gasteiger partial charge in [-0.05, 0) is 43.9 Å². The van der Waals surface area contributed by atoms with Gasteiger partial charge < -0.3 is 19.7 Å². The number of morpholine rings is 1. The van der Waals surface area contributed by atoms with Crippen molar-refractivity contribution in [2.45, 2.75) is 26.8 Å². The summed E-state index contributed by atoms with van der Waals surface area (Å²) < 4.78 is 24.8. The number of guanidine groups is 1. The molecule has 1 unspecified atom stereocenters. The number of hydrogen-bond donors (Lipinski definition) is 1. The molecule has 6 nitrogen and oxygen atoms in total. The van der Waals surface area contributed by atoms with Gasteiger partial charge in [-0.25, -0.2) is 9.38 Å². The van der Waals surface area contributed by atoms with E-state index in [0.717, 1.165) is 64.0 Å². The third-order valence-electron chi connectivity index (χ3n) is 5.25. The Morgan fingerprint density at radius 3 is 2.76 bits per heavy atom. The van der Waals surface area contributed by atoms with Crippen LogP contribution < -0.4 is 10.1 Å². The van der Waals surface area contributed by atoms with Crippen LogP contribution in [-0.4, -0.2) is 74.8 Å². The average molecular weight is 520 g/mol. The zero-order valence-corrected chi connectivity index (χ0v) is 19.9. The normalized spacial score (nSPS) is 20.4. The summed E-state index contributed by atoms with van der Waals surface area (Å²) in [5.41, 5.74) is 0.848. The molecular weight excluding hydrogens is 486 g/mol. The SMILES string of the molecule is CCNC(=NCc1ccc(OCC)c(F)c1)N1CCC(CN2CCOCC2)C1.I. The maximum Gasteiger partial charge on any atom is 0.194 e. The summed E-state index contributed by atoms with van der Waals surface area (Å²) in [7, 11) is 0. The van der Waals surface area contributed by atoms with Crippen molar-refractivity contribution >= 4 is 29.9 Å². The summed E-state index contributed by atoms with van der Waals surface area (Å²) in [6, 6.07) is 5.08. The highest BCUT2D eigenvalue weighted by Crippen LogP contribution is 2.20. The van der Waals surface area contributed by atoms with Gasteiger partial charge in [0.2, 0.25) is 0 Å². The number of benzene rings is 1. The van der Waals surface area contributed by atoms with Gasteiger partial charge in [-0.1, -0.05) is 6.07 Å². The van der Waals surface area contributed by atoms with Crippen molar-refractivity contribution < 1.29 is 13.9 Å². The fourth-order valence-electron chi connectivity index (χ4n) is 3.83. The number of hydrogen-bond acceptors (Lipinski definition) is 4. The molecule has 2 fully saturated rings. The molecule has 29 heavy (non-hydrogen) atoms. The monoisotopic (exact) mass is 520 g/mol. The van der Waals surface area contributed by atoms with Crippen LogP contribution in [0.5, 0.6) is 5.75 Å². The van der Waals surface area contributed by atoms with Gasteiger partial charge in [0.05, 0.1) is 26.4 Å². The molecule has 0 spiro atoms. The summed E-state index contributed by atoms with van der Waals surface area (Å²) in [5, 5.41) is 3.39. The molecule has 1 atom stereocenters. The Morgan fingerprint density at radius 2 is 2.07 bits per heavy atom. The predicted molar refractivity (Wildman–Crippen MR) is 125 cm³/mol. The minimum absolute atomic E-state index is 0. The molecule has 0 saturated carbocycles. The Balaban J connectivity index is 0.00000300. The zero-order chi connectivity index (χ0) is 19.8. The van der Waals surface area contributed by atoms with Crippen LogP contribution in [0.15, 0.2) is 23.2 Å². The van der Waals surface area contributed by atoms with Gasteiger partial charge in [0, 0.05) is 39.3 Å². The number of halogens is 2. The van der Waals surface area contributed by atoms with Gasteiger partial charge >= 0.3 is 0 Å². The largest absolute Gasteiger partial charge is 0.491 e. The molecule has 0 aromatic heterocycles. The lowest BCUT2D eigenvalue weighted by atomic mass is 10.1. The lowest BCUT2D eigenvalue weighted by Gasteiger charge is -2.29. The average Bonchev–Trinajstić information content (AvgIpc) is 3.16. The van der Waals surface area contributed by atoms with E-state index in [2.05, 4.69) is 22.0 Å². The van der Waals surface area contributed by atoms with Crippen LogP contribution in [0, 0.1) is 11.7 Å². The van der Waals surface area contributed by atoms with Crippen molar-refractivity contribution in [3.63, 3.8) is 0 Å². The Kier molecular flexibility index (Phi) is 10.4. The number of aliphatic imine (C=N–C) groups is 1. The Labute approximate surface area is 190 Å². The molecule has 0 bridgehead atoms. The molecule has 2 aliphatic heterocycles. The second kappa shape index (κ2) is 12.5. The van der Waals surface area contributed by atoms with Gasteiger partial charge in [-0.15, -0.1) is 24.0 Å². The lowest BCUT2D eigenvalue weighted by Crippen LogP contribution is -2.42. The summed E-state index contributed by atoms with van der Waals surface area (Å²) in [6.45, 7) is 12.6. The van der Waals surface area contributed by atoms with Crippen LogP contribution in [0.1, 0.15) is 25.8 Å². The number of nitrogens with zero attached hydrogens (tertiary/aromatic N) is 3. The molecule has 0 radical (unpaired) electrons. The minimum Gasteiger partial charge on any atom is -0.491 e. The summed E-state index contributed by atoms with van der Waals surface area (Å²) in [4.78, 5) is 9.59. The number of likely N-dealkylation sites (tertiary alicyclic amines) is 1. The molecule has 1 N–H and O–H groups in total. The summed E-state index contributed by atoms with van der Waals surface area (Å²) >= 11 is 0. The first-order valence-electron chi connectivity index (χ1n) is 10.4. The van der Waals surface area contributed by atoms with E-state index < -0.39 is 0 Å². The van der Waals surface area contributed by atoms with Gasteiger partial charge in [-0.3, -0.25) is 4.90 Å². The second-order valence-corrected chi connectivity index (χ2v) is 7.38. The Morgan fingerprint density at radius 1 is 1.28 bits per heavy atom.